The van der Waals surface area contributed by atoms with Gasteiger partial charge in [-0.05, 0) is 37.1 Å². The molecule has 0 fully saturated rings. The second-order valence-electron chi connectivity index (χ2n) is 5.11. The molecule has 0 spiro atoms. The van der Waals surface area contributed by atoms with Crippen LogP contribution in [-0.4, -0.2) is 11.1 Å². The fourth-order valence-electron chi connectivity index (χ4n) is 2.24. The molecule has 0 saturated heterocycles. The molecule has 4 heteroatoms. The van der Waals surface area contributed by atoms with Gasteiger partial charge >= 0.3 is 0 Å². The molecule has 2 aromatic rings. The Hall–Kier alpha value is -1.97. The number of nitrogens with one attached hydrogen (secondary N) is 1. The van der Waals surface area contributed by atoms with Gasteiger partial charge in [0.15, 0.2) is 0 Å². The summed E-state index contributed by atoms with van der Waals surface area (Å²) in [6.07, 6.45) is 6.46. The molecule has 2 rings (SSSR count). The molecule has 102 valence electrons. The summed E-state index contributed by atoms with van der Waals surface area (Å²) in [5.41, 5.74) is 10.3. The lowest BCUT2D eigenvalue weighted by Gasteiger charge is -2.08. The topological polar surface area (TPSA) is 46.9 Å². The van der Waals surface area contributed by atoms with Crippen LogP contribution in [-0.2, 0) is 20.5 Å². The first-order valence-electron chi connectivity index (χ1n) is 6.67. The Labute approximate surface area is 114 Å². The van der Waals surface area contributed by atoms with Gasteiger partial charge in [0, 0.05) is 24.3 Å². The van der Waals surface area contributed by atoms with Crippen LogP contribution in [0.5, 0.6) is 0 Å². The van der Waals surface area contributed by atoms with E-state index in [1.165, 1.54) is 5.69 Å². The molecule has 0 bridgehead atoms. The molecular weight excluding hydrogens is 236 g/mol. The van der Waals surface area contributed by atoms with Crippen molar-refractivity contribution in [1.82, 2.24) is 4.57 Å². The highest BCUT2D eigenvalue weighted by Crippen LogP contribution is 2.16. The van der Waals surface area contributed by atoms with Gasteiger partial charge in [0.2, 0.25) is 6.33 Å². The molecule has 0 aliphatic heterocycles. The highest BCUT2D eigenvalue weighted by Gasteiger charge is 2.06. The summed E-state index contributed by atoms with van der Waals surface area (Å²) < 4.78 is 4.26. The summed E-state index contributed by atoms with van der Waals surface area (Å²) in [5.74, 6) is 0. The molecule has 0 radical (unpaired) electrons. The Balaban J connectivity index is 1.80. The maximum absolute atomic E-state index is 5.81. The zero-order valence-corrected chi connectivity index (χ0v) is 12.0. The van der Waals surface area contributed by atoms with Crippen molar-refractivity contribution in [2.24, 2.45) is 14.1 Å². The third-order valence-corrected chi connectivity index (χ3v) is 3.37. The van der Waals surface area contributed by atoms with E-state index in [-0.39, 0.29) is 0 Å². The van der Waals surface area contributed by atoms with Gasteiger partial charge in [0.05, 0.1) is 14.1 Å². The SMILES string of the molecule is Cc1cc(NCCCc2c[n+](C)cn2C)ccc1N. The van der Waals surface area contributed by atoms with Gasteiger partial charge in [-0.25, -0.2) is 9.13 Å². The van der Waals surface area contributed by atoms with Crippen molar-refractivity contribution in [2.75, 3.05) is 17.6 Å². The van der Waals surface area contributed by atoms with Crippen molar-refractivity contribution in [1.29, 1.82) is 0 Å². The number of aryl methyl sites for hydroxylation is 4. The number of nitrogens with zero attached hydrogens (tertiary/aromatic N) is 2. The van der Waals surface area contributed by atoms with Gasteiger partial charge in [-0.2, -0.15) is 0 Å². The number of imidazole rings is 1. The first-order valence-corrected chi connectivity index (χ1v) is 6.67. The van der Waals surface area contributed by atoms with Gasteiger partial charge in [0.25, 0.3) is 0 Å². The smallest absolute Gasteiger partial charge is 0.243 e. The first kappa shape index (κ1) is 13.5. The summed E-state index contributed by atoms with van der Waals surface area (Å²) in [6.45, 7) is 3.00. The van der Waals surface area contributed by atoms with Crippen LogP contribution < -0.4 is 15.6 Å². The molecule has 0 atom stereocenters. The monoisotopic (exact) mass is 259 g/mol. The summed E-state index contributed by atoms with van der Waals surface area (Å²) in [7, 11) is 4.14. The lowest BCUT2D eigenvalue weighted by atomic mass is 10.2. The Morgan fingerprint density at radius 3 is 2.79 bits per heavy atom. The van der Waals surface area contributed by atoms with Crippen LogP contribution in [0.25, 0.3) is 0 Å². The number of nitrogen functional groups attached to an aromatic ring is 1. The molecule has 19 heavy (non-hydrogen) atoms. The standard InChI is InChI=1S/C15H23N4/c1-12-9-13(6-7-15(12)16)17-8-4-5-14-10-18(2)11-19(14)3/h6-7,9-11,17H,4-5,8,16H2,1-3H3/q+1. The number of hydrogen-bond acceptors (Lipinski definition) is 2. The molecule has 3 N–H and O–H groups in total. The van der Waals surface area contributed by atoms with Gasteiger partial charge in [0.1, 0.15) is 11.9 Å². The van der Waals surface area contributed by atoms with E-state index >= 15 is 0 Å². The molecule has 0 aliphatic carbocycles. The predicted molar refractivity (Wildman–Crippen MR) is 79.0 cm³/mol. The highest BCUT2D eigenvalue weighted by molar-refractivity contribution is 5.56. The molecule has 0 unspecified atom stereocenters. The van der Waals surface area contributed by atoms with E-state index in [4.69, 9.17) is 5.73 Å². The summed E-state index contributed by atoms with van der Waals surface area (Å²) in [5, 5.41) is 3.44. The molecule has 1 heterocycles. The first-order chi connectivity index (χ1) is 9.06. The summed E-state index contributed by atoms with van der Waals surface area (Å²) in [6, 6.07) is 6.08. The lowest BCUT2D eigenvalue weighted by Crippen LogP contribution is -2.23. The number of nitrogens with two attached hydrogens (primary N) is 1. The number of anilines is 2. The normalized spacial score (nSPS) is 10.7. The van der Waals surface area contributed by atoms with E-state index in [0.717, 1.165) is 36.3 Å². The third-order valence-electron chi connectivity index (χ3n) is 3.37. The van der Waals surface area contributed by atoms with E-state index in [0.29, 0.717) is 0 Å². The lowest BCUT2D eigenvalue weighted by molar-refractivity contribution is -0.671. The Kier molecular flexibility index (Phi) is 4.10. The fourth-order valence-corrected chi connectivity index (χ4v) is 2.24. The zero-order valence-electron chi connectivity index (χ0n) is 12.0. The highest BCUT2D eigenvalue weighted by atomic mass is 15.1. The van der Waals surface area contributed by atoms with Crippen molar-refractivity contribution < 1.29 is 4.57 Å². The molecule has 4 nitrogen and oxygen atoms in total. The second-order valence-corrected chi connectivity index (χ2v) is 5.11. The molecule has 0 saturated carbocycles. The van der Waals surface area contributed by atoms with E-state index < -0.39 is 0 Å². The Morgan fingerprint density at radius 2 is 2.16 bits per heavy atom. The molecule has 0 amide bonds. The maximum Gasteiger partial charge on any atom is 0.243 e. The van der Waals surface area contributed by atoms with Crippen LogP contribution in [0, 0.1) is 6.92 Å². The predicted octanol–water partition coefficient (Wildman–Crippen LogP) is 1.78. The zero-order chi connectivity index (χ0) is 13.8. The van der Waals surface area contributed by atoms with E-state index in [2.05, 4.69) is 47.1 Å². The quantitative estimate of drug-likeness (QED) is 0.488. The van der Waals surface area contributed by atoms with E-state index in [1.807, 2.05) is 19.1 Å². The average Bonchev–Trinajstić information content (AvgIpc) is 2.68. The van der Waals surface area contributed by atoms with Crippen LogP contribution in [0.2, 0.25) is 0 Å². The number of aromatic nitrogens is 2. The molecular formula is C15H23N4+. The number of rotatable bonds is 5. The molecule has 0 aliphatic rings. The molecule has 1 aromatic carbocycles. The van der Waals surface area contributed by atoms with Crippen LogP contribution in [0.15, 0.2) is 30.7 Å². The number of benzene rings is 1. The largest absolute Gasteiger partial charge is 0.399 e. The minimum absolute atomic E-state index is 0.849. The van der Waals surface area contributed by atoms with Gasteiger partial charge in [-0.1, -0.05) is 0 Å². The van der Waals surface area contributed by atoms with Crippen LogP contribution in [0.1, 0.15) is 17.7 Å². The second kappa shape index (κ2) is 5.78. The van der Waals surface area contributed by atoms with Gasteiger partial charge < -0.3 is 11.1 Å². The van der Waals surface area contributed by atoms with E-state index in [9.17, 15) is 0 Å². The Morgan fingerprint density at radius 1 is 1.37 bits per heavy atom. The maximum atomic E-state index is 5.81. The average molecular weight is 259 g/mol. The summed E-state index contributed by atoms with van der Waals surface area (Å²) in [4.78, 5) is 0. The minimum atomic E-state index is 0.849. The fraction of sp³-hybridized carbons (Fsp3) is 0.400. The number of hydrogen-bond donors (Lipinski definition) is 2. The summed E-state index contributed by atoms with van der Waals surface area (Å²) >= 11 is 0. The van der Waals surface area contributed by atoms with Crippen LogP contribution in [0.4, 0.5) is 11.4 Å². The van der Waals surface area contributed by atoms with Gasteiger partial charge in [-0.3, -0.25) is 0 Å². The van der Waals surface area contributed by atoms with Crippen LogP contribution >= 0.6 is 0 Å². The van der Waals surface area contributed by atoms with Crippen LogP contribution in [0.3, 0.4) is 0 Å². The Bertz CT molecular complexity index is 557. The van der Waals surface area contributed by atoms with E-state index in [1.54, 1.807) is 0 Å². The van der Waals surface area contributed by atoms with Crippen molar-refractivity contribution in [3.05, 3.63) is 42.0 Å². The van der Waals surface area contributed by atoms with Crippen molar-refractivity contribution in [3.63, 3.8) is 0 Å². The van der Waals surface area contributed by atoms with Crippen molar-refractivity contribution >= 4 is 11.4 Å². The minimum Gasteiger partial charge on any atom is -0.399 e. The third kappa shape index (κ3) is 3.50. The van der Waals surface area contributed by atoms with Crippen molar-refractivity contribution in [3.8, 4) is 0 Å². The van der Waals surface area contributed by atoms with Crippen molar-refractivity contribution in [2.45, 2.75) is 19.8 Å². The molecule has 1 aromatic heterocycles. The van der Waals surface area contributed by atoms with Gasteiger partial charge in [-0.15, -0.1) is 0 Å².